The highest BCUT2D eigenvalue weighted by Gasteiger charge is 2.21. The molecule has 0 heterocycles. The molecule has 0 radical (unpaired) electrons. The predicted molar refractivity (Wildman–Crippen MR) is 251 cm³/mol. The van der Waals surface area contributed by atoms with Crippen LogP contribution in [0.4, 0.5) is 0 Å². The molecule has 0 aliphatic carbocycles. The van der Waals surface area contributed by atoms with Gasteiger partial charge in [-0.2, -0.15) is 0 Å². The maximum Gasteiger partial charge on any atom is 0.306 e. The molecule has 0 aliphatic rings. The molecule has 0 aromatic rings. The van der Waals surface area contributed by atoms with Gasteiger partial charge in [0.1, 0.15) is 19.8 Å². The summed E-state index contributed by atoms with van der Waals surface area (Å²) in [5, 5.41) is 9.78. The van der Waals surface area contributed by atoms with E-state index in [1.165, 1.54) is 25.7 Å². The zero-order chi connectivity index (χ0) is 45.1. The fraction of sp³-hybridized carbons (Fsp3) is 0.600. The van der Waals surface area contributed by atoms with Crippen LogP contribution in [-0.4, -0.2) is 81.2 Å². The molecule has 11 heteroatoms. The van der Waals surface area contributed by atoms with Gasteiger partial charge in [0.15, 0.2) is 6.10 Å². The minimum Gasteiger partial charge on any atom is -0.756 e. The lowest BCUT2D eigenvalue weighted by Gasteiger charge is -2.28. The first-order valence-electron chi connectivity index (χ1n) is 22.7. The number of unbranched alkanes of at least 4 members (excludes halogenated alkanes) is 7. The monoisotopic (exact) mass is 872 g/mol. The Labute approximate surface area is 370 Å². The number of carbonyl (C=O) groups excluding carboxylic acids is 2. The lowest BCUT2D eigenvalue weighted by atomic mass is 10.1. The molecule has 0 saturated carbocycles. The average molecular weight is 872 g/mol. The number of hydrogen-bond acceptors (Lipinski definition) is 9. The number of phosphoric ester groups is 1. The zero-order valence-corrected chi connectivity index (χ0v) is 39.3. The van der Waals surface area contributed by atoms with Crippen molar-refractivity contribution in [2.45, 2.75) is 148 Å². The van der Waals surface area contributed by atoms with E-state index < -0.39 is 38.6 Å². The first-order chi connectivity index (χ1) is 29.4. The second-order valence-corrected chi connectivity index (χ2v) is 17.3. The Kier molecular flexibility index (Phi) is 38.4. The maximum absolute atomic E-state index is 12.7. The van der Waals surface area contributed by atoms with Gasteiger partial charge in [-0.15, -0.1) is 0 Å². The van der Waals surface area contributed by atoms with Gasteiger partial charge in [0.05, 0.1) is 33.9 Å². The second-order valence-electron chi connectivity index (χ2n) is 15.9. The highest BCUT2D eigenvalue weighted by Crippen LogP contribution is 2.38. The van der Waals surface area contributed by atoms with E-state index in [-0.39, 0.29) is 26.1 Å². The number of quaternary nitrogens is 1. The van der Waals surface area contributed by atoms with Gasteiger partial charge in [-0.3, -0.25) is 14.2 Å². The van der Waals surface area contributed by atoms with E-state index >= 15 is 0 Å². The average Bonchev–Trinajstić information content (AvgIpc) is 3.21. The van der Waals surface area contributed by atoms with E-state index in [1.54, 1.807) is 0 Å². The van der Waals surface area contributed by atoms with Crippen molar-refractivity contribution in [2.24, 2.45) is 0 Å². The van der Waals surface area contributed by atoms with Gasteiger partial charge in [0.2, 0.25) is 0 Å². The lowest BCUT2D eigenvalue weighted by Crippen LogP contribution is -2.37. The van der Waals surface area contributed by atoms with E-state index in [1.807, 2.05) is 76.7 Å². The molecule has 1 N–H and O–H groups in total. The second kappa shape index (κ2) is 40.7. The molecule has 0 rings (SSSR count). The summed E-state index contributed by atoms with van der Waals surface area (Å²) in [6, 6.07) is 0. The van der Waals surface area contributed by atoms with E-state index in [9.17, 15) is 24.2 Å². The summed E-state index contributed by atoms with van der Waals surface area (Å²) >= 11 is 0. The summed E-state index contributed by atoms with van der Waals surface area (Å²) in [6.07, 6.45) is 51.8. The van der Waals surface area contributed by atoms with Crippen LogP contribution < -0.4 is 4.89 Å². The van der Waals surface area contributed by atoms with Gasteiger partial charge in [-0.1, -0.05) is 142 Å². The number of allylic oxidation sites excluding steroid dienone is 16. The van der Waals surface area contributed by atoms with Crippen molar-refractivity contribution in [3.8, 4) is 0 Å². The first-order valence-corrected chi connectivity index (χ1v) is 24.2. The summed E-state index contributed by atoms with van der Waals surface area (Å²) < 4.78 is 33.8. The molecular formula is C50H82NO9P. The van der Waals surface area contributed by atoms with E-state index in [4.69, 9.17) is 18.5 Å². The Hall–Kier alpha value is -3.37. The van der Waals surface area contributed by atoms with Crippen molar-refractivity contribution >= 4 is 19.8 Å². The fourth-order valence-corrected chi connectivity index (χ4v) is 6.01. The largest absolute Gasteiger partial charge is 0.756 e. The number of ether oxygens (including phenoxy) is 2. The smallest absolute Gasteiger partial charge is 0.306 e. The van der Waals surface area contributed by atoms with Crippen molar-refractivity contribution in [3.05, 3.63) is 109 Å². The molecule has 0 amide bonds. The first kappa shape index (κ1) is 57.6. The third-order valence-electron chi connectivity index (χ3n) is 8.85. The normalized spacial score (nSPS) is 15.1. The minimum absolute atomic E-state index is 0.0614. The summed E-state index contributed by atoms with van der Waals surface area (Å²) in [5.41, 5.74) is 0. The molecule has 61 heavy (non-hydrogen) atoms. The van der Waals surface area contributed by atoms with Crippen LogP contribution in [0.25, 0.3) is 0 Å². The number of aliphatic hydroxyl groups excluding tert-OH is 1. The van der Waals surface area contributed by atoms with Gasteiger partial charge in [-0.05, 0) is 89.9 Å². The molecule has 0 aromatic heterocycles. The van der Waals surface area contributed by atoms with Crippen LogP contribution in [0, 0.1) is 0 Å². The molecule has 0 fully saturated rings. The Balaban J connectivity index is 4.56. The van der Waals surface area contributed by atoms with Crippen molar-refractivity contribution in [1.29, 1.82) is 0 Å². The Morgan fingerprint density at radius 3 is 1.72 bits per heavy atom. The molecule has 0 bridgehead atoms. The standard InChI is InChI=1S/C50H82NO9P/c1-6-8-10-11-12-13-14-15-16-17-18-19-20-21-25-28-31-34-37-41-49(53)57-45-48(46-59-61(55,56)58-44-43-51(3,4)5)60-50(54)42-38-35-32-29-26-23-22-24-27-30-33-36-40-47(52)39-9-7-2/h9,12-13,15-16,18-19,21-23,25,27,29-30,32-33,36,39,47-48,52H,6-8,10-11,14,17,20,24,26,28,31,34-35,37-38,40-46H2,1-5H3/b13-12-,16-15-,19-18-,23-22-,25-21-,30-27-,32-29-,36-33+,39-9-/t47?,48-/m1/s1. The topological polar surface area (TPSA) is 131 Å². The fourth-order valence-electron chi connectivity index (χ4n) is 5.28. The summed E-state index contributed by atoms with van der Waals surface area (Å²) in [7, 11) is 1.06. The van der Waals surface area contributed by atoms with Crippen LogP contribution in [0.15, 0.2) is 109 Å². The molecule has 2 unspecified atom stereocenters. The highest BCUT2D eigenvalue weighted by molar-refractivity contribution is 7.45. The summed E-state index contributed by atoms with van der Waals surface area (Å²) in [4.78, 5) is 37.6. The molecule has 0 aromatic carbocycles. The number of carbonyl (C=O) groups is 2. The molecular weight excluding hydrogens is 790 g/mol. The number of nitrogens with zero attached hydrogens (tertiary/aromatic N) is 1. The molecule has 10 nitrogen and oxygen atoms in total. The van der Waals surface area contributed by atoms with Crippen LogP contribution in [-0.2, 0) is 32.7 Å². The Bertz CT molecular complexity index is 1420. The molecule has 3 atom stereocenters. The van der Waals surface area contributed by atoms with E-state index in [0.717, 1.165) is 57.8 Å². The number of rotatable bonds is 39. The van der Waals surface area contributed by atoms with Crippen molar-refractivity contribution in [1.82, 2.24) is 0 Å². The van der Waals surface area contributed by atoms with Crippen LogP contribution in [0.3, 0.4) is 0 Å². The lowest BCUT2D eigenvalue weighted by molar-refractivity contribution is -0.870. The minimum atomic E-state index is -4.67. The highest BCUT2D eigenvalue weighted by atomic mass is 31.2. The quantitative estimate of drug-likeness (QED) is 0.0160. The van der Waals surface area contributed by atoms with Crippen LogP contribution in [0.5, 0.6) is 0 Å². The number of phosphoric acid groups is 1. The van der Waals surface area contributed by atoms with E-state index in [0.29, 0.717) is 36.7 Å². The molecule has 346 valence electrons. The van der Waals surface area contributed by atoms with Gasteiger partial charge in [0.25, 0.3) is 7.82 Å². The molecule has 0 saturated heterocycles. The van der Waals surface area contributed by atoms with Gasteiger partial charge in [-0.25, -0.2) is 0 Å². The molecule has 0 aliphatic heterocycles. The van der Waals surface area contributed by atoms with Gasteiger partial charge < -0.3 is 33.0 Å². The Morgan fingerprint density at radius 2 is 1.15 bits per heavy atom. The third-order valence-corrected chi connectivity index (χ3v) is 9.82. The summed E-state index contributed by atoms with van der Waals surface area (Å²) in [5.74, 6) is -0.976. The van der Waals surface area contributed by atoms with Crippen molar-refractivity contribution in [2.75, 3.05) is 47.5 Å². The maximum atomic E-state index is 12.7. The zero-order valence-electron chi connectivity index (χ0n) is 38.4. The van der Waals surface area contributed by atoms with Crippen molar-refractivity contribution < 1.29 is 47.2 Å². The SMILES string of the molecule is CC/C=C\C(O)C/C=C/C=C\C/C=C\C/C=C\CCCC(=O)O[C@H](COC(=O)CCCCC/C=C\C/C=C\C/C=C\C/C=C\CCCCC)COP(=O)([O-])OCC[N+](C)(C)C. The Morgan fingerprint density at radius 1 is 0.623 bits per heavy atom. The predicted octanol–water partition coefficient (Wildman–Crippen LogP) is 11.5. The van der Waals surface area contributed by atoms with Crippen LogP contribution in [0.2, 0.25) is 0 Å². The van der Waals surface area contributed by atoms with Crippen LogP contribution in [0.1, 0.15) is 136 Å². The molecule has 0 spiro atoms. The third kappa shape index (κ3) is 44.5. The van der Waals surface area contributed by atoms with Gasteiger partial charge >= 0.3 is 11.9 Å². The van der Waals surface area contributed by atoms with E-state index in [2.05, 4.69) is 67.7 Å². The number of hydrogen-bond donors (Lipinski definition) is 1. The van der Waals surface area contributed by atoms with Crippen LogP contribution >= 0.6 is 7.82 Å². The number of aliphatic hydroxyl groups is 1. The number of likely N-dealkylation sites (N-methyl/N-ethyl adjacent to an activating group) is 1. The number of esters is 2. The van der Waals surface area contributed by atoms with Crippen molar-refractivity contribution in [3.63, 3.8) is 0 Å². The van der Waals surface area contributed by atoms with Gasteiger partial charge in [0, 0.05) is 12.8 Å². The summed E-state index contributed by atoms with van der Waals surface area (Å²) in [6.45, 7) is 3.81.